The summed E-state index contributed by atoms with van der Waals surface area (Å²) in [5.74, 6) is -0.607. The van der Waals surface area contributed by atoms with Crippen LogP contribution in [0.3, 0.4) is 0 Å². The maximum absolute atomic E-state index is 12.5. The van der Waals surface area contributed by atoms with Crippen LogP contribution in [0.15, 0.2) is 24.3 Å². The zero-order chi connectivity index (χ0) is 18.4. The van der Waals surface area contributed by atoms with Gasteiger partial charge in [0.2, 0.25) is 5.91 Å². The lowest BCUT2D eigenvalue weighted by atomic mass is 10.2. The Morgan fingerprint density at radius 3 is 2.44 bits per heavy atom. The number of aromatic nitrogens is 2. The normalized spacial score (nSPS) is 10.6. The van der Waals surface area contributed by atoms with Crippen molar-refractivity contribution in [2.75, 3.05) is 16.5 Å². The number of aryl methyl sites for hydroxylation is 2. The van der Waals surface area contributed by atoms with Crippen molar-refractivity contribution in [3.05, 3.63) is 41.2 Å². The molecule has 0 radical (unpaired) electrons. The number of nitrogens with one attached hydrogen (secondary N) is 2. The van der Waals surface area contributed by atoms with E-state index in [0.29, 0.717) is 11.3 Å². The molecule has 0 bridgehead atoms. The van der Waals surface area contributed by atoms with Crippen LogP contribution in [0, 0.1) is 13.8 Å². The second-order valence-electron chi connectivity index (χ2n) is 5.84. The molecule has 0 aliphatic rings. The summed E-state index contributed by atoms with van der Waals surface area (Å²) in [7, 11) is 0. The standard InChI is InChI=1S/C18H23ClN4O2/c1-4-5-10-23-13(3)17(12(2)22-23)21-18(25)14-6-8-15(9-7-14)20-16(24)11-19/h6-9H,4-5,10-11H2,1-3H3,(H,20,24)(H,21,25). The number of rotatable bonds is 7. The second-order valence-corrected chi connectivity index (χ2v) is 6.10. The number of hydrogen-bond acceptors (Lipinski definition) is 3. The molecule has 25 heavy (non-hydrogen) atoms. The Morgan fingerprint density at radius 2 is 1.84 bits per heavy atom. The van der Waals surface area contributed by atoms with Crippen LogP contribution in [0.5, 0.6) is 0 Å². The maximum Gasteiger partial charge on any atom is 0.255 e. The number of unbranched alkanes of at least 4 members (excludes halogenated alkanes) is 1. The van der Waals surface area contributed by atoms with Gasteiger partial charge in [-0.25, -0.2) is 0 Å². The summed E-state index contributed by atoms with van der Waals surface area (Å²) in [4.78, 5) is 23.7. The predicted octanol–water partition coefficient (Wildman–Crippen LogP) is 3.73. The van der Waals surface area contributed by atoms with E-state index in [-0.39, 0.29) is 17.7 Å². The van der Waals surface area contributed by atoms with Crippen LogP contribution >= 0.6 is 11.6 Å². The fourth-order valence-electron chi connectivity index (χ4n) is 2.49. The fourth-order valence-corrected chi connectivity index (χ4v) is 2.56. The summed E-state index contributed by atoms with van der Waals surface area (Å²) in [6.45, 7) is 6.81. The van der Waals surface area contributed by atoms with Crippen molar-refractivity contribution in [3.63, 3.8) is 0 Å². The van der Waals surface area contributed by atoms with E-state index in [9.17, 15) is 9.59 Å². The quantitative estimate of drug-likeness (QED) is 0.737. The Balaban J connectivity index is 2.09. The van der Waals surface area contributed by atoms with Crippen LogP contribution in [-0.4, -0.2) is 27.5 Å². The molecule has 2 N–H and O–H groups in total. The van der Waals surface area contributed by atoms with Crippen molar-refractivity contribution in [2.45, 2.75) is 40.2 Å². The van der Waals surface area contributed by atoms with Gasteiger partial charge in [-0.05, 0) is 44.5 Å². The molecule has 2 amide bonds. The number of halogens is 1. The maximum atomic E-state index is 12.5. The smallest absolute Gasteiger partial charge is 0.255 e. The van der Waals surface area contributed by atoms with Gasteiger partial charge >= 0.3 is 0 Å². The summed E-state index contributed by atoms with van der Waals surface area (Å²) in [6, 6.07) is 6.66. The van der Waals surface area contributed by atoms with Crippen LogP contribution in [0.4, 0.5) is 11.4 Å². The largest absolute Gasteiger partial charge is 0.325 e. The molecule has 2 aromatic rings. The first-order chi connectivity index (χ1) is 12.0. The van der Waals surface area contributed by atoms with Gasteiger partial charge in [0.1, 0.15) is 5.88 Å². The van der Waals surface area contributed by atoms with Crippen LogP contribution in [-0.2, 0) is 11.3 Å². The van der Waals surface area contributed by atoms with Crippen LogP contribution in [0.25, 0.3) is 0 Å². The van der Waals surface area contributed by atoms with E-state index in [1.54, 1.807) is 24.3 Å². The highest BCUT2D eigenvalue weighted by Crippen LogP contribution is 2.21. The Bertz CT molecular complexity index is 753. The minimum Gasteiger partial charge on any atom is -0.325 e. The Morgan fingerprint density at radius 1 is 1.16 bits per heavy atom. The molecule has 0 atom stereocenters. The summed E-state index contributed by atoms with van der Waals surface area (Å²) >= 11 is 5.45. The van der Waals surface area contributed by atoms with Gasteiger partial charge in [0, 0.05) is 17.8 Å². The van der Waals surface area contributed by atoms with Crippen molar-refractivity contribution in [2.24, 2.45) is 0 Å². The minimum absolute atomic E-state index is 0.108. The van der Waals surface area contributed by atoms with Gasteiger partial charge in [0.15, 0.2) is 0 Å². The molecule has 1 aromatic carbocycles. The van der Waals surface area contributed by atoms with Gasteiger partial charge in [-0.1, -0.05) is 13.3 Å². The Kier molecular flexibility index (Phi) is 6.58. The molecule has 0 spiro atoms. The zero-order valence-electron chi connectivity index (χ0n) is 14.7. The second kappa shape index (κ2) is 8.67. The minimum atomic E-state index is -0.287. The summed E-state index contributed by atoms with van der Waals surface area (Å²) in [5, 5.41) is 10.1. The Hall–Kier alpha value is -2.34. The van der Waals surface area contributed by atoms with E-state index in [2.05, 4.69) is 22.7 Å². The van der Waals surface area contributed by atoms with E-state index in [0.717, 1.165) is 36.5 Å². The molecule has 1 heterocycles. The molecule has 6 nitrogen and oxygen atoms in total. The lowest BCUT2D eigenvalue weighted by Gasteiger charge is -2.08. The molecule has 7 heteroatoms. The molecular weight excluding hydrogens is 340 g/mol. The first-order valence-corrected chi connectivity index (χ1v) is 8.81. The highest BCUT2D eigenvalue weighted by molar-refractivity contribution is 6.29. The molecule has 1 aromatic heterocycles. The van der Waals surface area contributed by atoms with Gasteiger partial charge < -0.3 is 10.6 Å². The summed E-state index contributed by atoms with van der Waals surface area (Å²) in [6.07, 6.45) is 2.14. The lowest BCUT2D eigenvalue weighted by Crippen LogP contribution is -2.15. The highest BCUT2D eigenvalue weighted by atomic mass is 35.5. The van der Waals surface area contributed by atoms with E-state index in [1.165, 1.54) is 0 Å². The third-order valence-corrected chi connectivity index (χ3v) is 4.14. The third-order valence-electron chi connectivity index (χ3n) is 3.90. The van der Waals surface area contributed by atoms with Gasteiger partial charge in [-0.2, -0.15) is 5.10 Å². The van der Waals surface area contributed by atoms with Gasteiger partial charge in [0.05, 0.1) is 17.1 Å². The van der Waals surface area contributed by atoms with Crippen molar-refractivity contribution >= 4 is 34.8 Å². The highest BCUT2D eigenvalue weighted by Gasteiger charge is 2.15. The number of nitrogens with zero attached hydrogens (tertiary/aromatic N) is 2. The molecular formula is C18H23ClN4O2. The van der Waals surface area contributed by atoms with Crippen LogP contribution in [0.1, 0.15) is 41.5 Å². The van der Waals surface area contributed by atoms with E-state index in [1.807, 2.05) is 18.5 Å². The van der Waals surface area contributed by atoms with E-state index < -0.39 is 0 Å². The number of amides is 2. The number of anilines is 2. The van der Waals surface area contributed by atoms with Crippen molar-refractivity contribution < 1.29 is 9.59 Å². The van der Waals surface area contributed by atoms with Crippen molar-refractivity contribution in [1.29, 1.82) is 0 Å². The molecule has 0 aliphatic heterocycles. The molecule has 0 fully saturated rings. The number of alkyl halides is 1. The van der Waals surface area contributed by atoms with Gasteiger partial charge in [0.25, 0.3) is 5.91 Å². The Labute approximate surface area is 152 Å². The summed E-state index contributed by atoms with van der Waals surface area (Å²) in [5.41, 5.74) is 3.60. The molecule has 0 unspecified atom stereocenters. The van der Waals surface area contributed by atoms with Gasteiger partial charge in [-0.3, -0.25) is 14.3 Å². The molecule has 0 saturated heterocycles. The summed E-state index contributed by atoms with van der Waals surface area (Å²) < 4.78 is 1.93. The number of carbonyl (C=O) groups is 2. The van der Waals surface area contributed by atoms with Crippen molar-refractivity contribution in [3.8, 4) is 0 Å². The topological polar surface area (TPSA) is 76.0 Å². The average molecular weight is 363 g/mol. The number of benzene rings is 1. The molecule has 0 saturated carbocycles. The third kappa shape index (κ3) is 4.82. The first-order valence-electron chi connectivity index (χ1n) is 8.27. The van der Waals surface area contributed by atoms with Crippen LogP contribution in [0.2, 0.25) is 0 Å². The van der Waals surface area contributed by atoms with E-state index >= 15 is 0 Å². The van der Waals surface area contributed by atoms with Gasteiger partial charge in [-0.15, -0.1) is 11.6 Å². The molecule has 134 valence electrons. The zero-order valence-corrected chi connectivity index (χ0v) is 15.5. The average Bonchev–Trinajstić information content (AvgIpc) is 2.87. The molecule has 2 rings (SSSR count). The number of carbonyl (C=O) groups excluding carboxylic acids is 2. The number of hydrogen-bond donors (Lipinski definition) is 2. The van der Waals surface area contributed by atoms with Crippen molar-refractivity contribution in [1.82, 2.24) is 9.78 Å². The fraction of sp³-hybridized carbons (Fsp3) is 0.389. The van der Waals surface area contributed by atoms with E-state index in [4.69, 9.17) is 11.6 Å². The predicted molar refractivity (Wildman–Crippen MR) is 100 cm³/mol. The first kappa shape index (κ1) is 19.0. The lowest BCUT2D eigenvalue weighted by molar-refractivity contribution is -0.113. The monoisotopic (exact) mass is 362 g/mol. The SMILES string of the molecule is CCCCn1nc(C)c(NC(=O)c2ccc(NC(=O)CCl)cc2)c1C. The molecule has 0 aliphatic carbocycles. The van der Waals surface area contributed by atoms with Crippen LogP contribution < -0.4 is 10.6 Å².